The Morgan fingerprint density at radius 1 is 1.13 bits per heavy atom. The van der Waals surface area contributed by atoms with Crippen LogP contribution in [0.5, 0.6) is 0 Å². The number of hydrogen-bond acceptors (Lipinski definition) is 1. The summed E-state index contributed by atoms with van der Waals surface area (Å²) in [4.78, 5) is 0. The molecule has 1 unspecified atom stereocenters. The molecule has 0 N–H and O–H groups in total. The molecule has 0 rings (SSSR count). The zero-order chi connectivity index (χ0) is 11.7. The van der Waals surface area contributed by atoms with Gasteiger partial charge in [-0.05, 0) is 31.9 Å². The maximum Gasteiger partial charge on any atom is 0.219 e. The largest absolute Gasteiger partial charge is 0.410 e. The van der Waals surface area contributed by atoms with Crippen molar-refractivity contribution in [2.75, 3.05) is 0 Å². The van der Waals surface area contributed by atoms with E-state index in [1.54, 1.807) is 0 Å². The fourth-order valence-corrected chi connectivity index (χ4v) is 3.30. The molecule has 0 saturated heterocycles. The summed E-state index contributed by atoms with van der Waals surface area (Å²) in [6.07, 6.45) is 7.75. The lowest BCUT2D eigenvalue weighted by atomic mass is 10.00. The average Bonchev–Trinajstić information content (AvgIpc) is 2.19. The third-order valence-corrected chi connectivity index (χ3v) is 4.73. The molecule has 0 aromatic rings. The molecule has 0 spiro atoms. The van der Waals surface area contributed by atoms with Crippen molar-refractivity contribution < 1.29 is 4.43 Å². The lowest BCUT2D eigenvalue weighted by Crippen LogP contribution is -2.34. The third-order valence-electron chi connectivity index (χ3n) is 2.46. The number of rotatable bonds is 9. The van der Waals surface area contributed by atoms with E-state index in [1.165, 1.54) is 0 Å². The molecule has 0 saturated carbocycles. The summed E-state index contributed by atoms with van der Waals surface area (Å²) in [6.45, 7) is 15.7. The van der Waals surface area contributed by atoms with E-state index < -0.39 is 9.04 Å². The van der Waals surface area contributed by atoms with E-state index in [0.29, 0.717) is 0 Å². The van der Waals surface area contributed by atoms with Crippen molar-refractivity contribution in [3.05, 3.63) is 38.0 Å². The SMILES string of the molecule is C=CC[Si](CC=C)OC(C)(CC)CC=C. The molecule has 1 nitrogen and oxygen atoms in total. The molecule has 15 heavy (non-hydrogen) atoms. The van der Waals surface area contributed by atoms with Gasteiger partial charge in [0.05, 0.1) is 5.60 Å². The Morgan fingerprint density at radius 2 is 1.67 bits per heavy atom. The average molecular weight is 223 g/mol. The van der Waals surface area contributed by atoms with Crippen molar-refractivity contribution >= 4 is 9.04 Å². The first-order chi connectivity index (χ1) is 7.11. The van der Waals surface area contributed by atoms with E-state index in [4.69, 9.17) is 4.43 Å². The standard InChI is InChI=1S/C13H23OSi/c1-6-10-13(5,9-4)14-15(11-7-2)12-8-3/h6-8H,1-3,9-12H2,4-5H3. The summed E-state index contributed by atoms with van der Waals surface area (Å²) in [6, 6.07) is 1.95. The van der Waals surface area contributed by atoms with Gasteiger partial charge in [-0.15, -0.1) is 19.7 Å². The van der Waals surface area contributed by atoms with Crippen molar-refractivity contribution in [2.45, 2.75) is 44.4 Å². The summed E-state index contributed by atoms with van der Waals surface area (Å²) < 4.78 is 6.20. The van der Waals surface area contributed by atoms with Gasteiger partial charge in [0.2, 0.25) is 9.04 Å². The molecule has 0 heterocycles. The zero-order valence-corrected chi connectivity index (χ0v) is 11.1. The van der Waals surface area contributed by atoms with Gasteiger partial charge in [0, 0.05) is 0 Å². The second-order valence-electron chi connectivity index (χ2n) is 3.92. The summed E-state index contributed by atoms with van der Waals surface area (Å²) in [5, 5.41) is 0. The van der Waals surface area contributed by atoms with Crippen LogP contribution < -0.4 is 0 Å². The predicted octanol–water partition coefficient (Wildman–Crippen LogP) is 4.11. The quantitative estimate of drug-likeness (QED) is 0.422. The summed E-state index contributed by atoms with van der Waals surface area (Å²) in [5.74, 6) is 0. The minimum absolute atomic E-state index is 0.0535. The molecular weight excluding hydrogens is 200 g/mol. The van der Waals surface area contributed by atoms with Crippen LogP contribution in [0.25, 0.3) is 0 Å². The van der Waals surface area contributed by atoms with Gasteiger partial charge in [-0.3, -0.25) is 0 Å². The first-order valence-electron chi connectivity index (χ1n) is 5.48. The number of allylic oxidation sites excluding steroid dienone is 2. The van der Waals surface area contributed by atoms with Gasteiger partial charge in [0.15, 0.2) is 0 Å². The molecular formula is C13H23OSi. The Balaban J connectivity index is 4.37. The molecule has 1 atom stereocenters. The predicted molar refractivity (Wildman–Crippen MR) is 70.4 cm³/mol. The molecule has 0 aliphatic carbocycles. The fourth-order valence-electron chi connectivity index (χ4n) is 1.40. The van der Waals surface area contributed by atoms with Crippen LogP contribution in [0.1, 0.15) is 26.7 Å². The smallest absolute Gasteiger partial charge is 0.219 e. The highest BCUT2D eigenvalue weighted by Crippen LogP contribution is 2.23. The van der Waals surface area contributed by atoms with Crippen molar-refractivity contribution in [2.24, 2.45) is 0 Å². The Labute approximate surface area is 96.3 Å². The Morgan fingerprint density at radius 3 is 2.00 bits per heavy atom. The minimum Gasteiger partial charge on any atom is -0.410 e. The summed E-state index contributed by atoms with van der Waals surface area (Å²) in [5.41, 5.74) is -0.0535. The van der Waals surface area contributed by atoms with Crippen molar-refractivity contribution in [1.82, 2.24) is 0 Å². The molecule has 85 valence electrons. The molecule has 2 heteroatoms. The van der Waals surface area contributed by atoms with Gasteiger partial charge in [-0.1, -0.05) is 25.2 Å². The molecule has 1 radical (unpaired) electrons. The van der Waals surface area contributed by atoms with Gasteiger partial charge < -0.3 is 4.43 Å². The molecule has 0 aromatic heterocycles. The molecule has 0 aromatic carbocycles. The van der Waals surface area contributed by atoms with Gasteiger partial charge in [-0.25, -0.2) is 0 Å². The first kappa shape index (κ1) is 14.4. The second kappa shape index (κ2) is 7.66. The lowest BCUT2D eigenvalue weighted by Gasteiger charge is -2.31. The van der Waals surface area contributed by atoms with Crippen LogP contribution in [0.3, 0.4) is 0 Å². The lowest BCUT2D eigenvalue weighted by molar-refractivity contribution is 0.0855. The minimum atomic E-state index is -0.821. The van der Waals surface area contributed by atoms with Crippen LogP contribution in [-0.2, 0) is 4.43 Å². The molecule has 0 aliphatic rings. The summed E-state index contributed by atoms with van der Waals surface area (Å²) >= 11 is 0. The molecule has 0 aliphatic heterocycles. The third kappa shape index (κ3) is 5.75. The maximum absolute atomic E-state index is 6.20. The van der Waals surface area contributed by atoms with E-state index in [-0.39, 0.29) is 5.60 Å². The van der Waals surface area contributed by atoms with E-state index in [0.717, 1.165) is 24.9 Å². The van der Waals surface area contributed by atoms with Crippen LogP contribution in [0, 0.1) is 0 Å². The van der Waals surface area contributed by atoms with Gasteiger partial charge in [-0.2, -0.15) is 0 Å². The maximum atomic E-state index is 6.20. The topological polar surface area (TPSA) is 9.23 Å². The zero-order valence-electron chi connectivity index (χ0n) is 10.1. The molecule has 0 fully saturated rings. The van der Waals surface area contributed by atoms with Crippen LogP contribution in [0.4, 0.5) is 0 Å². The highest BCUT2D eigenvalue weighted by Gasteiger charge is 2.25. The second-order valence-corrected chi connectivity index (χ2v) is 6.02. The van der Waals surface area contributed by atoms with Crippen LogP contribution in [-0.4, -0.2) is 14.6 Å². The number of hydrogen-bond donors (Lipinski definition) is 0. The highest BCUT2D eigenvalue weighted by atomic mass is 28.3. The normalized spacial score (nSPS) is 14.6. The molecule has 0 bridgehead atoms. The highest BCUT2D eigenvalue weighted by molar-refractivity contribution is 6.53. The van der Waals surface area contributed by atoms with E-state index in [1.807, 2.05) is 18.2 Å². The fraction of sp³-hybridized carbons (Fsp3) is 0.538. The van der Waals surface area contributed by atoms with E-state index >= 15 is 0 Å². The Kier molecular flexibility index (Phi) is 7.35. The van der Waals surface area contributed by atoms with Crippen LogP contribution >= 0.6 is 0 Å². The van der Waals surface area contributed by atoms with Crippen molar-refractivity contribution in [1.29, 1.82) is 0 Å². The van der Waals surface area contributed by atoms with E-state index in [2.05, 4.69) is 33.6 Å². The van der Waals surface area contributed by atoms with Gasteiger partial charge in [0.25, 0.3) is 0 Å². The van der Waals surface area contributed by atoms with Crippen molar-refractivity contribution in [3.8, 4) is 0 Å². The summed E-state index contributed by atoms with van der Waals surface area (Å²) in [7, 11) is -0.821. The van der Waals surface area contributed by atoms with Gasteiger partial charge >= 0.3 is 0 Å². The van der Waals surface area contributed by atoms with Crippen molar-refractivity contribution in [3.63, 3.8) is 0 Å². The first-order valence-corrected chi connectivity index (χ1v) is 7.30. The Hall–Kier alpha value is -0.603. The van der Waals surface area contributed by atoms with E-state index in [9.17, 15) is 0 Å². The Bertz CT molecular complexity index is 203. The van der Waals surface area contributed by atoms with Crippen LogP contribution in [0.2, 0.25) is 12.1 Å². The van der Waals surface area contributed by atoms with Gasteiger partial charge in [0.1, 0.15) is 0 Å². The van der Waals surface area contributed by atoms with Crippen LogP contribution in [0.15, 0.2) is 38.0 Å². The monoisotopic (exact) mass is 223 g/mol. The molecule has 0 amide bonds.